The van der Waals surface area contributed by atoms with Crippen LogP contribution in [0.2, 0.25) is 0 Å². The maximum atomic E-state index is 11.5. The molecule has 4 N–H and O–H groups in total. The molecule has 0 aromatic heterocycles. The summed E-state index contributed by atoms with van der Waals surface area (Å²) >= 11 is 0. The van der Waals surface area contributed by atoms with E-state index in [-0.39, 0.29) is 5.91 Å². The highest BCUT2D eigenvalue weighted by atomic mass is 16.3. The van der Waals surface area contributed by atoms with Gasteiger partial charge in [-0.2, -0.15) is 0 Å². The molecule has 1 fully saturated rings. The van der Waals surface area contributed by atoms with Gasteiger partial charge in [-0.1, -0.05) is 0 Å². The minimum Gasteiger partial charge on any atom is -0.389 e. The normalized spacial score (nSPS) is 27.8. The van der Waals surface area contributed by atoms with Crippen molar-refractivity contribution in [2.75, 3.05) is 19.6 Å². The van der Waals surface area contributed by atoms with Gasteiger partial charge in [-0.15, -0.1) is 0 Å². The molecule has 0 bridgehead atoms. The first kappa shape index (κ1) is 13.4. The molecule has 94 valence electrons. The Bertz CT molecular complexity index is 264. The van der Waals surface area contributed by atoms with Crippen molar-refractivity contribution in [3.8, 4) is 0 Å². The summed E-state index contributed by atoms with van der Waals surface area (Å²) in [5.74, 6) is 4.98. The van der Waals surface area contributed by atoms with Gasteiger partial charge in [0.05, 0.1) is 11.0 Å². The number of nitrogens with two attached hydrogens (primary N) is 1. The Morgan fingerprint density at radius 1 is 1.62 bits per heavy atom. The lowest BCUT2D eigenvalue weighted by Crippen LogP contribution is -2.52. The monoisotopic (exact) mass is 229 g/mol. The molecular formula is C11H23N3O2. The van der Waals surface area contributed by atoms with E-state index in [0.717, 1.165) is 19.4 Å². The molecule has 0 aromatic carbocycles. The van der Waals surface area contributed by atoms with Gasteiger partial charge in [-0.25, -0.2) is 5.84 Å². The SMILES string of the molecule is CC1(O)CCCN(CC(C)(C)C(=O)NN)C1. The minimum absolute atomic E-state index is 0.169. The van der Waals surface area contributed by atoms with Crippen LogP contribution in [0.4, 0.5) is 0 Å². The number of aliphatic hydroxyl groups is 1. The van der Waals surface area contributed by atoms with E-state index in [4.69, 9.17) is 5.84 Å². The van der Waals surface area contributed by atoms with Crippen molar-refractivity contribution in [3.05, 3.63) is 0 Å². The second kappa shape index (κ2) is 4.69. The molecular weight excluding hydrogens is 206 g/mol. The number of hydrogen-bond acceptors (Lipinski definition) is 4. The predicted molar refractivity (Wildman–Crippen MR) is 62.4 cm³/mol. The van der Waals surface area contributed by atoms with E-state index in [9.17, 15) is 9.90 Å². The molecule has 1 aliphatic rings. The third-order valence-corrected chi connectivity index (χ3v) is 3.12. The van der Waals surface area contributed by atoms with Crippen LogP contribution in [0, 0.1) is 5.41 Å². The Hall–Kier alpha value is -0.650. The summed E-state index contributed by atoms with van der Waals surface area (Å²) in [4.78, 5) is 13.7. The molecule has 1 aliphatic heterocycles. The van der Waals surface area contributed by atoms with E-state index < -0.39 is 11.0 Å². The van der Waals surface area contributed by atoms with Crippen LogP contribution in [-0.2, 0) is 4.79 Å². The molecule has 0 saturated carbocycles. The van der Waals surface area contributed by atoms with Crippen LogP contribution in [0.3, 0.4) is 0 Å². The second-order valence-corrected chi connectivity index (χ2v) is 5.67. The third-order valence-electron chi connectivity index (χ3n) is 3.12. The zero-order valence-corrected chi connectivity index (χ0v) is 10.4. The molecule has 1 saturated heterocycles. The number of nitrogens with zero attached hydrogens (tertiary/aromatic N) is 1. The second-order valence-electron chi connectivity index (χ2n) is 5.67. The Balaban J connectivity index is 2.57. The smallest absolute Gasteiger partial charge is 0.240 e. The lowest BCUT2D eigenvalue weighted by atomic mass is 9.88. The number of rotatable bonds is 3. The summed E-state index contributed by atoms with van der Waals surface area (Å²) in [6.07, 6.45) is 1.79. The summed E-state index contributed by atoms with van der Waals surface area (Å²) in [5, 5.41) is 9.97. The Labute approximate surface area is 97.0 Å². The summed E-state index contributed by atoms with van der Waals surface area (Å²) in [5.41, 5.74) is 1.03. The fourth-order valence-corrected chi connectivity index (χ4v) is 2.28. The van der Waals surface area contributed by atoms with Crippen molar-refractivity contribution in [2.24, 2.45) is 11.3 Å². The number of hydrogen-bond donors (Lipinski definition) is 3. The molecule has 1 rings (SSSR count). The molecule has 5 nitrogen and oxygen atoms in total. The van der Waals surface area contributed by atoms with Crippen LogP contribution in [0.1, 0.15) is 33.6 Å². The number of carbonyl (C=O) groups is 1. The maximum absolute atomic E-state index is 11.5. The number of piperidine rings is 1. The molecule has 0 spiro atoms. The van der Waals surface area contributed by atoms with Crippen molar-refractivity contribution in [1.29, 1.82) is 0 Å². The molecule has 16 heavy (non-hydrogen) atoms. The first-order chi connectivity index (χ1) is 7.27. The third kappa shape index (κ3) is 3.43. The van der Waals surface area contributed by atoms with E-state index >= 15 is 0 Å². The molecule has 0 aliphatic carbocycles. The first-order valence-electron chi connectivity index (χ1n) is 5.73. The van der Waals surface area contributed by atoms with Gasteiger partial charge >= 0.3 is 0 Å². The van der Waals surface area contributed by atoms with E-state index in [0.29, 0.717) is 13.1 Å². The minimum atomic E-state index is -0.631. The molecule has 1 amide bonds. The number of nitrogens with one attached hydrogen (secondary N) is 1. The van der Waals surface area contributed by atoms with Crippen LogP contribution >= 0.6 is 0 Å². The van der Waals surface area contributed by atoms with Crippen molar-refractivity contribution >= 4 is 5.91 Å². The van der Waals surface area contributed by atoms with Gasteiger partial charge < -0.3 is 5.11 Å². The van der Waals surface area contributed by atoms with Gasteiger partial charge in [0.15, 0.2) is 0 Å². The maximum Gasteiger partial charge on any atom is 0.240 e. The number of likely N-dealkylation sites (tertiary alicyclic amines) is 1. The van der Waals surface area contributed by atoms with E-state index in [2.05, 4.69) is 10.3 Å². The van der Waals surface area contributed by atoms with Gasteiger partial charge in [0.2, 0.25) is 5.91 Å². The first-order valence-corrected chi connectivity index (χ1v) is 5.73. The van der Waals surface area contributed by atoms with E-state index in [1.807, 2.05) is 20.8 Å². The fourth-order valence-electron chi connectivity index (χ4n) is 2.28. The van der Waals surface area contributed by atoms with Gasteiger partial charge in [-0.3, -0.25) is 15.1 Å². The van der Waals surface area contributed by atoms with Crippen molar-refractivity contribution in [3.63, 3.8) is 0 Å². The average molecular weight is 229 g/mol. The van der Waals surface area contributed by atoms with Gasteiger partial charge in [0.25, 0.3) is 0 Å². The van der Waals surface area contributed by atoms with Gasteiger partial charge in [-0.05, 0) is 40.2 Å². The molecule has 1 unspecified atom stereocenters. The lowest BCUT2D eigenvalue weighted by molar-refractivity contribution is -0.131. The molecule has 1 atom stereocenters. The lowest BCUT2D eigenvalue weighted by Gasteiger charge is -2.40. The highest BCUT2D eigenvalue weighted by molar-refractivity contribution is 5.81. The van der Waals surface area contributed by atoms with Crippen LogP contribution in [-0.4, -0.2) is 41.1 Å². The van der Waals surface area contributed by atoms with Crippen LogP contribution in [0.5, 0.6) is 0 Å². The fraction of sp³-hybridized carbons (Fsp3) is 0.909. The van der Waals surface area contributed by atoms with Crippen LogP contribution in [0.15, 0.2) is 0 Å². The number of β-amino-alcohol motifs (C(OH)–C–C–N with tert-alkyl or cyclic N) is 1. The summed E-state index contributed by atoms with van der Waals surface area (Å²) < 4.78 is 0. The largest absolute Gasteiger partial charge is 0.389 e. The standard InChI is InChI=1S/C11H23N3O2/c1-10(2,9(15)13-12)7-14-6-4-5-11(3,16)8-14/h16H,4-8,12H2,1-3H3,(H,13,15). The molecule has 1 heterocycles. The number of carbonyl (C=O) groups excluding carboxylic acids is 1. The van der Waals surface area contributed by atoms with Gasteiger partial charge in [0.1, 0.15) is 0 Å². The molecule has 5 heteroatoms. The Morgan fingerprint density at radius 2 is 2.25 bits per heavy atom. The van der Waals surface area contributed by atoms with Crippen LogP contribution < -0.4 is 11.3 Å². The Morgan fingerprint density at radius 3 is 2.75 bits per heavy atom. The van der Waals surface area contributed by atoms with Crippen molar-refractivity contribution in [1.82, 2.24) is 10.3 Å². The Kier molecular flexibility index (Phi) is 3.93. The van der Waals surface area contributed by atoms with E-state index in [1.165, 1.54) is 0 Å². The highest BCUT2D eigenvalue weighted by Crippen LogP contribution is 2.24. The molecule has 0 aromatic rings. The van der Waals surface area contributed by atoms with Crippen molar-refractivity contribution in [2.45, 2.75) is 39.2 Å². The summed E-state index contributed by atoms with van der Waals surface area (Å²) in [6, 6.07) is 0. The number of amides is 1. The topological polar surface area (TPSA) is 78.6 Å². The number of hydrazine groups is 1. The predicted octanol–water partition coefficient (Wildman–Crippen LogP) is -0.151. The summed E-state index contributed by atoms with van der Waals surface area (Å²) in [6.45, 7) is 7.73. The van der Waals surface area contributed by atoms with E-state index in [1.54, 1.807) is 0 Å². The van der Waals surface area contributed by atoms with Crippen LogP contribution in [0.25, 0.3) is 0 Å². The molecule has 0 radical (unpaired) electrons. The highest BCUT2D eigenvalue weighted by Gasteiger charge is 2.34. The quantitative estimate of drug-likeness (QED) is 0.357. The zero-order valence-electron chi connectivity index (χ0n) is 10.4. The average Bonchev–Trinajstić information content (AvgIpc) is 2.14. The van der Waals surface area contributed by atoms with Crippen molar-refractivity contribution < 1.29 is 9.90 Å². The van der Waals surface area contributed by atoms with Gasteiger partial charge in [0, 0.05) is 13.1 Å². The zero-order chi connectivity index (χ0) is 12.4. The summed E-state index contributed by atoms with van der Waals surface area (Å²) in [7, 11) is 0.